The smallest absolute Gasteiger partial charge is 0.225 e. The molecule has 1 aliphatic heterocycles. The lowest BCUT2D eigenvalue weighted by molar-refractivity contribution is 0.378. The third-order valence-electron chi connectivity index (χ3n) is 3.81. The predicted octanol–water partition coefficient (Wildman–Crippen LogP) is 0.551. The maximum absolute atomic E-state index is 6.10. The largest absolute Gasteiger partial charge is 0.370 e. The summed E-state index contributed by atoms with van der Waals surface area (Å²) < 4.78 is 0. The Morgan fingerprint density at radius 3 is 2.43 bits per heavy atom. The van der Waals surface area contributed by atoms with E-state index in [4.69, 9.17) is 5.73 Å². The van der Waals surface area contributed by atoms with Crippen LogP contribution in [0.1, 0.15) is 5.69 Å². The van der Waals surface area contributed by atoms with Crippen LogP contribution < -0.4 is 10.6 Å². The van der Waals surface area contributed by atoms with Crippen LogP contribution in [0.4, 0.5) is 5.95 Å². The number of guanidine groups is 1. The predicted molar refractivity (Wildman–Crippen MR) is 90.2 cm³/mol. The van der Waals surface area contributed by atoms with Crippen LogP contribution in [0.25, 0.3) is 0 Å². The Bertz CT molecular complexity index is 621. The highest BCUT2D eigenvalue weighted by atomic mass is 15.3. The molecule has 3 rings (SSSR count). The van der Waals surface area contributed by atoms with E-state index in [1.165, 1.54) is 0 Å². The molecule has 0 aliphatic carbocycles. The summed E-state index contributed by atoms with van der Waals surface area (Å²) in [6.07, 6.45) is 6.14. The first-order valence-electron chi connectivity index (χ1n) is 7.79. The van der Waals surface area contributed by atoms with E-state index in [0.717, 1.165) is 44.2 Å². The summed E-state index contributed by atoms with van der Waals surface area (Å²) in [6, 6.07) is 7.73. The van der Waals surface area contributed by atoms with Gasteiger partial charge >= 0.3 is 0 Å². The highest BCUT2D eigenvalue weighted by molar-refractivity contribution is 5.78. The third-order valence-corrected chi connectivity index (χ3v) is 3.81. The fraction of sp³-hybridized carbons (Fsp3) is 0.375. The zero-order chi connectivity index (χ0) is 15.9. The molecule has 7 nitrogen and oxygen atoms in total. The van der Waals surface area contributed by atoms with Gasteiger partial charge in [0.15, 0.2) is 5.96 Å². The van der Waals surface area contributed by atoms with Gasteiger partial charge in [-0.2, -0.15) is 0 Å². The Morgan fingerprint density at radius 1 is 1.00 bits per heavy atom. The lowest BCUT2D eigenvalue weighted by Gasteiger charge is -2.35. The number of nitrogens with zero attached hydrogens (tertiary/aromatic N) is 6. The van der Waals surface area contributed by atoms with Crippen LogP contribution in [0, 0.1) is 0 Å². The van der Waals surface area contributed by atoms with Crippen LogP contribution >= 0.6 is 0 Å². The van der Waals surface area contributed by atoms with Crippen LogP contribution in [0.3, 0.4) is 0 Å². The molecule has 2 N–H and O–H groups in total. The molecule has 1 fully saturated rings. The van der Waals surface area contributed by atoms with Gasteiger partial charge in [0.25, 0.3) is 0 Å². The Balaban J connectivity index is 1.48. The second-order valence-corrected chi connectivity index (χ2v) is 5.33. The monoisotopic (exact) mass is 311 g/mol. The van der Waals surface area contributed by atoms with Crippen LogP contribution in [-0.4, -0.2) is 58.5 Å². The summed E-state index contributed by atoms with van der Waals surface area (Å²) in [5, 5.41) is 0. The molecule has 0 amide bonds. The summed E-state index contributed by atoms with van der Waals surface area (Å²) in [5.74, 6) is 1.38. The Labute approximate surface area is 135 Å². The van der Waals surface area contributed by atoms with Gasteiger partial charge in [0.1, 0.15) is 0 Å². The molecule has 0 unspecified atom stereocenters. The van der Waals surface area contributed by atoms with E-state index >= 15 is 0 Å². The minimum absolute atomic E-state index is 0.606. The van der Waals surface area contributed by atoms with Gasteiger partial charge in [-0.25, -0.2) is 9.97 Å². The van der Waals surface area contributed by atoms with Crippen LogP contribution in [0.5, 0.6) is 0 Å². The van der Waals surface area contributed by atoms with E-state index in [0.29, 0.717) is 12.5 Å². The van der Waals surface area contributed by atoms with Crippen LogP contribution in [0.2, 0.25) is 0 Å². The van der Waals surface area contributed by atoms with E-state index in [1.54, 1.807) is 18.6 Å². The average Bonchev–Trinajstić information content (AvgIpc) is 2.63. The van der Waals surface area contributed by atoms with Crippen LogP contribution in [0.15, 0.2) is 47.8 Å². The minimum Gasteiger partial charge on any atom is -0.370 e. The molecule has 0 aromatic carbocycles. The molecule has 7 heteroatoms. The Hall–Kier alpha value is -2.70. The van der Waals surface area contributed by atoms with Crippen molar-refractivity contribution in [1.82, 2.24) is 19.9 Å². The number of aliphatic imine (C=N–C) groups is 1. The van der Waals surface area contributed by atoms with Crippen molar-refractivity contribution >= 4 is 11.9 Å². The summed E-state index contributed by atoms with van der Waals surface area (Å²) in [5.41, 5.74) is 7.14. The molecule has 2 aromatic rings. The van der Waals surface area contributed by atoms with E-state index in [1.807, 2.05) is 24.3 Å². The molecule has 120 valence electrons. The number of nitrogens with two attached hydrogens (primary N) is 1. The number of aromatic nitrogens is 3. The van der Waals surface area contributed by atoms with Crippen molar-refractivity contribution in [2.75, 3.05) is 37.6 Å². The number of rotatable bonds is 4. The van der Waals surface area contributed by atoms with Crippen molar-refractivity contribution in [3.63, 3.8) is 0 Å². The van der Waals surface area contributed by atoms with Gasteiger partial charge < -0.3 is 15.5 Å². The first kappa shape index (κ1) is 15.2. The number of hydrogen-bond acceptors (Lipinski definition) is 5. The SMILES string of the molecule is NC(=NCCc1ccccn1)N1CCN(c2ncccn2)CC1. The second kappa shape index (κ2) is 7.53. The molecule has 0 atom stereocenters. The summed E-state index contributed by atoms with van der Waals surface area (Å²) in [4.78, 5) is 21.6. The fourth-order valence-electron chi connectivity index (χ4n) is 2.52. The first-order valence-corrected chi connectivity index (χ1v) is 7.79. The van der Waals surface area contributed by atoms with Gasteiger partial charge in [-0.05, 0) is 18.2 Å². The van der Waals surface area contributed by atoms with Crippen molar-refractivity contribution in [3.05, 3.63) is 48.5 Å². The van der Waals surface area contributed by atoms with E-state index in [2.05, 4.69) is 29.7 Å². The Kier molecular flexibility index (Phi) is 4.98. The number of piperazine rings is 1. The molecular formula is C16H21N7. The molecule has 2 aromatic heterocycles. The van der Waals surface area contributed by atoms with Gasteiger partial charge in [0.05, 0.1) is 0 Å². The van der Waals surface area contributed by atoms with Gasteiger partial charge in [0.2, 0.25) is 5.95 Å². The van der Waals surface area contributed by atoms with Crippen molar-refractivity contribution in [3.8, 4) is 0 Å². The molecular weight excluding hydrogens is 290 g/mol. The molecule has 0 bridgehead atoms. The second-order valence-electron chi connectivity index (χ2n) is 5.33. The number of anilines is 1. The van der Waals surface area contributed by atoms with Crippen molar-refractivity contribution in [2.24, 2.45) is 10.7 Å². The van der Waals surface area contributed by atoms with Gasteiger partial charge in [-0.3, -0.25) is 9.98 Å². The lowest BCUT2D eigenvalue weighted by Crippen LogP contribution is -2.51. The zero-order valence-electron chi connectivity index (χ0n) is 13.0. The first-order chi connectivity index (χ1) is 11.3. The third kappa shape index (κ3) is 4.15. The molecule has 0 radical (unpaired) electrons. The number of hydrogen-bond donors (Lipinski definition) is 1. The summed E-state index contributed by atoms with van der Waals surface area (Å²) in [6.45, 7) is 4.01. The minimum atomic E-state index is 0.606. The molecule has 0 spiro atoms. The summed E-state index contributed by atoms with van der Waals surface area (Å²) in [7, 11) is 0. The van der Waals surface area contributed by atoms with E-state index in [-0.39, 0.29) is 0 Å². The molecule has 1 aliphatic rings. The van der Waals surface area contributed by atoms with Gasteiger partial charge in [-0.15, -0.1) is 0 Å². The fourth-order valence-corrected chi connectivity index (χ4v) is 2.52. The highest BCUT2D eigenvalue weighted by Crippen LogP contribution is 2.09. The quantitative estimate of drug-likeness (QED) is 0.656. The van der Waals surface area contributed by atoms with Crippen molar-refractivity contribution in [2.45, 2.75) is 6.42 Å². The standard InChI is InChI=1S/C16H21N7/c17-15(19-9-5-14-4-1-2-6-18-14)22-10-12-23(13-11-22)16-20-7-3-8-21-16/h1-4,6-8H,5,9-13H2,(H2,17,19). The molecule has 1 saturated heterocycles. The maximum Gasteiger partial charge on any atom is 0.225 e. The topological polar surface area (TPSA) is 83.5 Å². The van der Waals surface area contributed by atoms with Crippen LogP contribution in [-0.2, 0) is 6.42 Å². The summed E-state index contributed by atoms with van der Waals surface area (Å²) >= 11 is 0. The number of pyridine rings is 1. The van der Waals surface area contributed by atoms with Crippen molar-refractivity contribution < 1.29 is 0 Å². The highest BCUT2D eigenvalue weighted by Gasteiger charge is 2.19. The zero-order valence-corrected chi connectivity index (χ0v) is 13.0. The lowest BCUT2D eigenvalue weighted by atomic mass is 10.3. The molecule has 0 saturated carbocycles. The maximum atomic E-state index is 6.10. The molecule has 3 heterocycles. The van der Waals surface area contributed by atoms with Gasteiger partial charge in [0, 0.05) is 63.4 Å². The normalized spacial score (nSPS) is 15.7. The molecule has 23 heavy (non-hydrogen) atoms. The van der Waals surface area contributed by atoms with E-state index < -0.39 is 0 Å². The van der Waals surface area contributed by atoms with Crippen molar-refractivity contribution in [1.29, 1.82) is 0 Å². The average molecular weight is 311 g/mol. The Morgan fingerprint density at radius 2 is 1.74 bits per heavy atom. The van der Waals surface area contributed by atoms with E-state index in [9.17, 15) is 0 Å². The van der Waals surface area contributed by atoms with Gasteiger partial charge in [-0.1, -0.05) is 6.07 Å².